The topological polar surface area (TPSA) is 80.9 Å². The molecule has 4 aliphatic rings. The lowest BCUT2D eigenvalue weighted by atomic mass is 9.48. The van der Waals surface area contributed by atoms with Gasteiger partial charge >= 0.3 is 0 Å². The van der Waals surface area contributed by atoms with Crippen molar-refractivity contribution in [3.05, 3.63) is 6.33 Å². The average molecular weight is 415 g/mol. The van der Waals surface area contributed by atoms with Crippen molar-refractivity contribution in [2.45, 2.75) is 84.8 Å². The van der Waals surface area contributed by atoms with Crippen LogP contribution in [-0.2, 0) is 11.3 Å². The summed E-state index contributed by atoms with van der Waals surface area (Å²) in [5.41, 5.74) is -0.363. The summed E-state index contributed by atoms with van der Waals surface area (Å²) in [5.74, 6) is 5.06. The summed E-state index contributed by atoms with van der Waals surface area (Å²) in [4.78, 5) is 13.4. The quantitative estimate of drug-likeness (QED) is 0.815. The lowest BCUT2D eigenvalue weighted by Crippen LogP contribution is -2.52. The van der Waals surface area contributed by atoms with Crippen molar-refractivity contribution in [2.24, 2.45) is 52.8 Å². The number of Topliss-reactive ketones (excluding diaryl/α,β-unsaturated/α-hetero) is 1. The molecule has 0 radical (unpaired) electrons. The average Bonchev–Trinajstić information content (AvgIpc) is 3.25. The van der Waals surface area contributed by atoms with Crippen LogP contribution >= 0.6 is 0 Å². The number of carbonyl (C=O) groups excluding carboxylic acids is 1. The molecule has 5 rings (SSSR count). The Balaban J connectivity index is 1.39. The molecule has 0 amide bonds. The van der Waals surface area contributed by atoms with E-state index < -0.39 is 5.60 Å². The minimum Gasteiger partial charge on any atom is -0.390 e. The Morgan fingerprint density at radius 3 is 2.57 bits per heavy atom. The number of aromatic nitrogens is 4. The van der Waals surface area contributed by atoms with Crippen molar-refractivity contribution >= 4 is 5.78 Å². The zero-order chi connectivity index (χ0) is 21.3. The molecule has 0 bridgehead atoms. The second kappa shape index (κ2) is 7.11. The number of aliphatic hydroxyl groups is 1. The number of carbonyl (C=O) groups is 1. The van der Waals surface area contributed by atoms with E-state index in [0.29, 0.717) is 36.0 Å². The van der Waals surface area contributed by atoms with Gasteiger partial charge in [0.25, 0.3) is 0 Å². The highest BCUT2D eigenvalue weighted by molar-refractivity contribution is 5.82. The summed E-state index contributed by atoms with van der Waals surface area (Å²) in [5, 5.41) is 22.0. The molecule has 1 N–H and O–H groups in total. The first-order valence-electron chi connectivity index (χ1n) is 12.2. The molecule has 166 valence electrons. The Bertz CT molecular complexity index is 793. The van der Waals surface area contributed by atoms with Crippen LogP contribution in [0.2, 0.25) is 0 Å². The SMILES string of the molecule is CC1[C@H](C)[C@H](C(=O)Cn2cnnn2)[C@@]2(C)CC[C@H]3[C@@H](CC[C@@H]4C[C@](C)(O)CC[C@@H]43)[C@H]12. The molecule has 0 aromatic carbocycles. The molecule has 1 aromatic rings. The second-order valence-electron chi connectivity index (χ2n) is 11.8. The zero-order valence-electron chi connectivity index (χ0n) is 19.0. The number of nitrogens with zero attached hydrogens (tertiary/aromatic N) is 4. The van der Waals surface area contributed by atoms with Crippen molar-refractivity contribution in [3.63, 3.8) is 0 Å². The van der Waals surface area contributed by atoms with Crippen molar-refractivity contribution < 1.29 is 9.90 Å². The van der Waals surface area contributed by atoms with E-state index in [2.05, 4.69) is 36.3 Å². The lowest BCUT2D eigenvalue weighted by molar-refractivity contribution is -0.134. The van der Waals surface area contributed by atoms with Crippen LogP contribution in [0.1, 0.15) is 72.6 Å². The van der Waals surface area contributed by atoms with Crippen molar-refractivity contribution in [2.75, 3.05) is 0 Å². The van der Waals surface area contributed by atoms with Gasteiger partial charge in [0.15, 0.2) is 5.78 Å². The minimum atomic E-state index is -0.458. The molecule has 0 saturated heterocycles. The summed E-state index contributed by atoms with van der Waals surface area (Å²) in [6, 6.07) is 0. The molecule has 6 heteroatoms. The fraction of sp³-hybridized carbons (Fsp3) is 0.917. The predicted octanol–water partition coefficient (Wildman–Crippen LogP) is 3.75. The Kier molecular flexibility index (Phi) is 4.88. The number of hydrogen-bond acceptors (Lipinski definition) is 5. The van der Waals surface area contributed by atoms with Gasteiger partial charge in [-0.1, -0.05) is 20.8 Å². The van der Waals surface area contributed by atoms with Gasteiger partial charge < -0.3 is 5.11 Å². The van der Waals surface area contributed by atoms with Crippen LogP contribution in [0.4, 0.5) is 0 Å². The highest BCUT2D eigenvalue weighted by Crippen LogP contribution is 2.67. The molecular formula is C24H38N4O2. The Hall–Kier alpha value is -1.30. The van der Waals surface area contributed by atoms with Gasteiger partial charge in [-0.3, -0.25) is 4.79 Å². The lowest BCUT2D eigenvalue weighted by Gasteiger charge is -2.57. The van der Waals surface area contributed by atoms with Crippen LogP contribution < -0.4 is 0 Å². The van der Waals surface area contributed by atoms with Gasteiger partial charge in [-0.15, -0.1) is 5.10 Å². The van der Waals surface area contributed by atoms with Gasteiger partial charge in [0.05, 0.1) is 5.60 Å². The molecule has 0 aliphatic heterocycles. The number of ketones is 1. The predicted molar refractivity (Wildman–Crippen MR) is 113 cm³/mol. The first-order chi connectivity index (χ1) is 14.2. The summed E-state index contributed by atoms with van der Waals surface area (Å²) in [6.45, 7) is 9.49. The van der Waals surface area contributed by atoms with E-state index in [0.717, 1.165) is 30.6 Å². The number of hydrogen-bond donors (Lipinski definition) is 1. The molecule has 1 heterocycles. The van der Waals surface area contributed by atoms with Gasteiger partial charge in [-0.05, 0) is 109 Å². The fourth-order valence-electron chi connectivity index (χ4n) is 9.11. The van der Waals surface area contributed by atoms with Gasteiger partial charge in [0.1, 0.15) is 12.9 Å². The molecule has 6 nitrogen and oxygen atoms in total. The molecular weight excluding hydrogens is 376 g/mol. The molecule has 4 saturated carbocycles. The van der Waals surface area contributed by atoms with Crippen LogP contribution in [0, 0.1) is 52.8 Å². The zero-order valence-corrected chi connectivity index (χ0v) is 19.0. The maximum Gasteiger partial charge on any atom is 0.158 e. The van der Waals surface area contributed by atoms with E-state index >= 15 is 0 Å². The third kappa shape index (κ3) is 3.08. The first kappa shape index (κ1) is 20.6. The van der Waals surface area contributed by atoms with Crippen molar-refractivity contribution in [1.29, 1.82) is 0 Å². The fourth-order valence-corrected chi connectivity index (χ4v) is 9.11. The molecule has 10 atom stereocenters. The summed E-state index contributed by atoms with van der Waals surface area (Å²) in [6.07, 6.45) is 9.66. The third-order valence-corrected chi connectivity index (χ3v) is 10.2. The maximum atomic E-state index is 13.4. The Morgan fingerprint density at radius 2 is 1.83 bits per heavy atom. The largest absolute Gasteiger partial charge is 0.390 e. The van der Waals surface area contributed by atoms with E-state index in [4.69, 9.17) is 0 Å². The highest BCUT2D eigenvalue weighted by atomic mass is 16.3. The standard InChI is InChI=1S/C24H38N4O2/c1-14-15(2)22(20(29)12-28-13-25-26-27-28)24(4)10-8-18-17-7-9-23(3,30)11-16(17)5-6-19(18)21(14)24/h13-19,21-22,30H,5-12H2,1-4H3/t14?,15-,16+,17-,18+,19+,21-,22+,23+,24-/m0/s1. The summed E-state index contributed by atoms with van der Waals surface area (Å²) < 4.78 is 1.58. The first-order valence-corrected chi connectivity index (χ1v) is 12.2. The smallest absolute Gasteiger partial charge is 0.158 e. The molecule has 0 spiro atoms. The summed E-state index contributed by atoms with van der Waals surface area (Å²) >= 11 is 0. The van der Waals surface area contributed by atoms with Crippen LogP contribution in [0.5, 0.6) is 0 Å². The van der Waals surface area contributed by atoms with Crippen LogP contribution in [0.25, 0.3) is 0 Å². The molecule has 30 heavy (non-hydrogen) atoms. The van der Waals surface area contributed by atoms with Crippen LogP contribution in [-0.4, -0.2) is 36.7 Å². The van der Waals surface area contributed by atoms with Crippen molar-refractivity contribution in [3.8, 4) is 0 Å². The molecule has 4 fully saturated rings. The van der Waals surface area contributed by atoms with Gasteiger partial charge in [0.2, 0.25) is 0 Å². The number of fused-ring (bicyclic) bond motifs is 5. The van der Waals surface area contributed by atoms with E-state index in [9.17, 15) is 9.90 Å². The minimum absolute atomic E-state index is 0.0953. The highest BCUT2D eigenvalue weighted by Gasteiger charge is 2.63. The summed E-state index contributed by atoms with van der Waals surface area (Å²) in [7, 11) is 0. The molecule has 4 aliphatic carbocycles. The molecule has 1 aromatic heterocycles. The van der Waals surface area contributed by atoms with Crippen molar-refractivity contribution in [1.82, 2.24) is 20.2 Å². The second-order valence-corrected chi connectivity index (χ2v) is 11.8. The Labute approximate surface area is 180 Å². The third-order valence-electron chi connectivity index (χ3n) is 10.2. The van der Waals surface area contributed by atoms with E-state index in [1.807, 2.05) is 6.92 Å². The van der Waals surface area contributed by atoms with Gasteiger partial charge in [-0.25, -0.2) is 4.68 Å². The van der Waals surface area contributed by atoms with Crippen LogP contribution in [0.3, 0.4) is 0 Å². The van der Waals surface area contributed by atoms with E-state index in [-0.39, 0.29) is 11.3 Å². The monoisotopic (exact) mass is 414 g/mol. The molecule has 1 unspecified atom stereocenters. The maximum absolute atomic E-state index is 13.4. The van der Waals surface area contributed by atoms with Gasteiger partial charge in [-0.2, -0.15) is 0 Å². The number of rotatable bonds is 3. The van der Waals surface area contributed by atoms with Crippen LogP contribution in [0.15, 0.2) is 6.33 Å². The normalized spacial score (nSPS) is 50.4. The van der Waals surface area contributed by atoms with E-state index in [1.54, 1.807) is 11.0 Å². The van der Waals surface area contributed by atoms with E-state index in [1.165, 1.54) is 32.1 Å². The Morgan fingerprint density at radius 1 is 1.07 bits per heavy atom. The number of tetrazole rings is 1. The van der Waals surface area contributed by atoms with Gasteiger partial charge in [0, 0.05) is 5.92 Å².